The van der Waals surface area contributed by atoms with Gasteiger partial charge in [0.15, 0.2) is 0 Å². The SMILES string of the molecule is C=C(C)C(=O)Oc1ccc(C(CN=O)N=O)cc1C(F)(F)F. The summed E-state index contributed by atoms with van der Waals surface area (Å²) in [6.07, 6.45) is -4.83. The summed E-state index contributed by atoms with van der Waals surface area (Å²) in [4.78, 5) is 32.1. The Morgan fingerprint density at radius 3 is 2.45 bits per heavy atom. The van der Waals surface area contributed by atoms with E-state index in [2.05, 4.69) is 21.7 Å². The zero-order valence-corrected chi connectivity index (χ0v) is 11.4. The zero-order valence-electron chi connectivity index (χ0n) is 11.4. The molecule has 6 nitrogen and oxygen atoms in total. The topological polar surface area (TPSA) is 85.2 Å². The van der Waals surface area contributed by atoms with Crippen LogP contribution in [0.5, 0.6) is 5.75 Å². The fraction of sp³-hybridized carbons (Fsp3) is 0.308. The number of rotatable bonds is 6. The van der Waals surface area contributed by atoms with Crippen LogP contribution < -0.4 is 4.74 Å². The Labute approximate surface area is 122 Å². The van der Waals surface area contributed by atoms with Crippen molar-refractivity contribution in [2.45, 2.75) is 19.1 Å². The third-order valence-corrected chi connectivity index (χ3v) is 2.62. The van der Waals surface area contributed by atoms with E-state index in [1.165, 1.54) is 6.92 Å². The van der Waals surface area contributed by atoms with Crippen molar-refractivity contribution in [1.29, 1.82) is 0 Å². The third-order valence-electron chi connectivity index (χ3n) is 2.62. The molecule has 1 aromatic carbocycles. The van der Waals surface area contributed by atoms with Gasteiger partial charge in [-0.25, -0.2) is 4.79 Å². The molecule has 1 atom stereocenters. The van der Waals surface area contributed by atoms with E-state index in [1.807, 2.05) is 0 Å². The van der Waals surface area contributed by atoms with Gasteiger partial charge in [-0.1, -0.05) is 23.0 Å². The minimum atomic E-state index is -4.83. The Hall–Kier alpha value is -2.58. The van der Waals surface area contributed by atoms with Gasteiger partial charge < -0.3 is 4.74 Å². The number of ether oxygens (including phenoxy) is 1. The summed E-state index contributed by atoms with van der Waals surface area (Å²) in [7, 11) is 0. The molecule has 1 unspecified atom stereocenters. The molecule has 0 fully saturated rings. The second-order valence-electron chi connectivity index (χ2n) is 4.36. The Bertz CT molecular complexity index is 614. The van der Waals surface area contributed by atoms with Crippen LogP contribution in [0, 0.1) is 9.81 Å². The number of esters is 1. The first-order chi connectivity index (χ1) is 10.2. The molecule has 9 heteroatoms. The molecule has 118 valence electrons. The van der Waals surface area contributed by atoms with Gasteiger partial charge in [-0.2, -0.15) is 23.0 Å². The molecule has 0 amide bonds. The second kappa shape index (κ2) is 6.92. The van der Waals surface area contributed by atoms with E-state index >= 15 is 0 Å². The molecule has 0 heterocycles. The average molecular weight is 316 g/mol. The van der Waals surface area contributed by atoms with Gasteiger partial charge in [0.2, 0.25) is 0 Å². The van der Waals surface area contributed by atoms with Crippen molar-refractivity contribution in [3.8, 4) is 5.75 Å². The number of nitrogens with zero attached hydrogens (tertiary/aromatic N) is 2. The summed E-state index contributed by atoms with van der Waals surface area (Å²) < 4.78 is 43.7. The summed E-state index contributed by atoms with van der Waals surface area (Å²) in [6.45, 7) is 3.96. The van der Waals surface area contributed by atoms with Crippen molar-refractivity contribution >= 4 is 5.97 Å². The molecule has 0 aromatic heterocycles. The lowest BCUT2D eigenvalue weighted by Crippen LogP contribution is -2.15. The van der Waals surface area contributed by atoms with E-state index in [4.69, 9.17) is 0 Å². The highest BCUT2D eigenvalue weighted by Gasteiger charge is 2.36. The fourth-order valence-corrected chi connectivity index (χ4v) is 1.52. The lowest BCUT2D eigenvalue weighted by atomic mass is 10.0. The summed E-state index contributed by atoms with van der Waals surface area (Å²) in [5, 5.41) is 5.00. The molecule has 1 rings (SSSR count). The van der Waals surface area contributed by atoms with E-state index in [1.54, 1.807) is 0 Å². The van der Waals surface area contributed by atoms with Crippen molar-refractivity contribution < 1.29 is 22.7 Å². The number of halogens is 3. The van der Waals surface area contributed by atoms with Gasteiger partial charge in [-0.3, -0.25) is 0 Å². The highest BCUT2D eigenvalue weighted by molar-refractivity contribution is 5.89. The Kier molecular flexibility index (Phi) is 5.50. The zero-order chi connectivity index (χ0) is 16.9. The average Bonchev–Trinajstić information content (AvgIpc) is 2.44. The largest absolute Gasteiger partial charge is 0.423 e. The molecule has 0 aliphatic carbocycles. The lowest BCUT2D eigenvalue weighted by molar-refractivity contribution is -0.141. The molecule has 0 saturated heterocycles. The summed E-state index contributed by atoms with van der Waals surface area (Å²) in [6, 6.07) is 1.23. The summed E-state index contributed by atoms with van der Waals surface area (Å²) in [5.74, 6) is -1.74. The predicted molar refractivity (Wildman–Crippen MR) is 71.1 cm³/mol. The highest BCUT2D eigenvalue weighted by Crippen LogP contribution is 2.38. The molecule has 0 radical (unpaired) electrons. The third kappa shape index (κ3) is 4.21. The second-order valence-corrected chi connectivity index (χ2v) is 4.36. The van der Waals surface area contributed by atoms with Gasteiger partial charge in [0.05, 0.1) is 5.56 Å². The molecule has 0 N–H and O–H groups in total. The van der Waals surface area contributed by atoms with Crippen molar-refractivity contribution in [3.63, 3.8) is 0 Å². The number of hydrogen-bond acceptors (Lipinski definition) is 6. The van der Waals surface area contributed by atoms with Gasteiger partial charge in [0, 0.05) is 5.57 Å². The molecule has 0 aliphatic heterocycles. The van der Waals surface area contributed by atoms with Gasteiger partial charge >= 0.3 is 12.1 Å². The van der Waals surface area contributed by atoms with Gasteiger partial charge in [-0.05, 0) is 24.6 Å². The number of benzene rings is 1. The predicted octanol–water partition coefficient (Wildman–Crippen LogP) is 3.76. The molecule has 0 saturated carbocycles. The van der Waals surface area contributed by atoms with Crippen LogP contribution in [0.25, 0.3) is 0 Å². The van der Waals surface area contributed by atoms with Gasteiger partial charge in [0.25, 0.3) is 0 Å². The molecule has 22 heavy (non-hydrogen) atoms. The molecule has 1 aromatic rings. The van der Waals surface area contributed by atoms with Crippen LogP contribution in [0.4, 0.5) is 13.2 Å². The first-order valence-corrected chi connectivity index (χ1v) is 5.91. The van der Waals surface area contributed by atoms with E-state index in [0.717, 1.165) is 12.1 Å². The number of hydrogen-bond donors (Lipinski definition) is 0. The fourth-order valence-electron chi connectivity index (χ4n) is 1.52. The van der Waals surface area contributed by atoms with Crippen LogP contribution in [0.15, 0.2) is 40.7 Å². The Morgan fingerprint density at radius 2 is 2.00 bits per heavy atom. The van der Waals surface area contributed by atoms with Crippen molar-refractivity contribution in [2.24, 2.45) is 10.4 Å². The maximum atomic E-state index is 13.0. The number of alkyl halides is 3. The van der Waals surface area contributed by atoms with Crippen LogP contribution in [-0.2, 0) is 11.0 Å². The Morgan fingerprint density at radius 1 is 1.36 bits per heavy atom. The van der Waals surface area contributed by atoms with E-state index in [0.29, 0.717) is 6.07 Å². The van der Waals surface area contributed by atoms with Gasteiger partial charge in [-0.15, -0.1) is 0 Å². The highest BCUT2D eigenvalue weighted by atomic mass is 19.4. The first kappa shape index (κ1) is 17.5. The quantitative estimate of drug-likeness (QED) is 0.346. The van der Waals surface area contributed by atoms with E-state index in [9.17, 15) is 27.8 Å². The van der Waals surface area contributed by atoms with Gasteiger partial charge in [0.1, 0.15) is 18.3 Å². The summed E-state index contributed by atoms with van der Waals surface area (Å²) in [5.41, 5.74) is -1.49. The molecular weight excluding hydrogens is 305 g/mol. The van der Waals surface area contributed by atoms with Crippen LogP contribution >= 0.6 is 0 Å². The number of carbonyl (C=O) groups excluding carboxylic acids is 1. The maximum absolute atomic E-state index is 13.0. The molecular formula is C13H11F3N2O4. The maximum Gasteiger partial charge on any atom is 0.419 e. The standard InChI is InChI=1S/C13H11F3N2O4/c1-7(2)12(19)22-11-4-3-8(10(18-21)6-17-20)5-9(11)13(14,15)16/h3-5,10H,1,6H2,2H3. The summed E-state index contributed by atoms with van der Waals surface area (Å²) >= 11 is 0. The first-order valence-electron chi connectivity index (χ1n) is 5.91. The molecule has 0 aliphatic rings. The number of carbonyl (C=O) groups is 1. The monoisotopic (exact) mass is 316 g/mol. The van der Waals surface area contributed by atoms with Crippen LogP contribution in [0.1, 0.15) is 24.1 Å². The van der Waals surface area contributed by atoms with Crippen molar-refractivity contribution in [1.82, 2.24) is 0 Å². The van der Waals surface area contributed by atoms with Crippen LogP contribution in [-0.4, -0.2) is 12.5 Å². The molecule has 0 bridgehead atoms. The van der Waals surface area contributed by atoms with Crippen molar-refractivity contribution in [2.75, 3.05) is 6.54 Å². The number of nitroso groups, excluding NO2 is 2. The minimum Gasteiger partial charge on any atom is -0.423 e. The van der Waals surface area contributed by atoms with Crippen LogP contribution in [0.2, 0.25) is 0 Å². The molecule has 0 spiro atoms. The normalized spacial score (nSPS) is 12.4. The van der Waals surface area contributed by atoms with Crippen LogP contribution in [0.3, 0.4) is 0 Å². The minimum absolute atomic E-state index is 0.0743. The Balaban J connectivity index is 3.30. The van der Waals surface area contributed by atoms with Crippen molar-refractivity contribution in [3.05, 3.63) is 51.3 Å². The lowest BCUT2D eigenvalue weighted by Gasteiger charge is -2.15. The van der Waals surface area contributed by atoms with E-state index in [-0.39, 0.29) is 11.1 Å². The van der Waals surface area contributed by atoms with E-state index < -0.39 is 36.0 Å². The smallest absolute Gasteiger partial charge is 0.419 e.